The van der Waals surface area contributed by atoms with Gasteiger partial charge >= 0.3 is 0 Å². The number of nitrogens with two attached hydrogens (primary N) is 1. The Hall–Kier alpha value is -2.02. The van der Waals surface area contributed by atoms with Gasteiger partial charge in [0.2, 0.25) is 0 Å². The van der Waals surface area contributed by atoms with Crippen LogP contribution in [0.15, 0.2) is 41.9 Å². The fourth-order valence-corrected chi connectivity index (χ4v) is 3.06. The van der Waals surface area contributed by atoms with E-state index in [4.69, 9.17) is 10.6 Å². The Morgan fingerprint density at radius 1 is 1.29 bits per heavy atom. The first kappa shape index (κ1) is 13.9. The molecule has 3 N–H and O–H groups in total. The number of pyridine rings is 1. The maximum absolute atomic E-state index is 13.9. The number of benzene rings is 1. The third-order valence-corrected chi connectivity index (χ3v) is 4.19. The maximum atomic E-state index is 13.9. The highest BCUT2D eigenvalue weighted by molar-refractivity contribution is 7.17. The van der Waals surface area contributed by atoms with Crippen LogP contribution in [-0.4, -0.2) is 12.1 Å². The zero-order valence-electron chi connectivity index (χ0n) is 11.3. The van der Waals surface area contributed by atoms with Crippen LogP contribution in [0.5, 0.6) is 5.75 Å². The van der Waals surface area contributed by atoms with E-state index < -0.39 is 5.82 Å². The standard InChI is InChI=1S/C15H14FN3OS/c1-20-13-3-2-9(6-11(13)16)15(19-17)10-7-14-12(18-8-10)4-5-21-14/h2-8,15,19H,17H2,1H3. The molecule has 21 heavy (non-hydrogen) atoms. The number of rotatable bonds is 4. The second-order valence-electron chi connectivity index (χ2n) is 4.57. The summed E-state index contributed by atoms with van der Waals surface area (Å²) < 4.78 is 19.9. The van der Waals surface area contributed by atoms with Gasteiger partial charge in [-0.05, 0) is 40.8 Å². The van der Waals surface area contributed by atoms with Crippen LogP contribution in [0, 0.1) is 5.82 Å². The van der Waals surface area contributed by atoms with Crippen molar-refractivity contribution >= 4 is 21.6 Å². The van der Waals surface area contributed by atoms with Crippen LogP contribution in [-0.2, 0) is 0 Å². The second-order valence-corrected chi connectivity index (χ2v) is 5.51. The number of thiophene rings is 1. The molecule has 3 aromatic rings. The zero-order chi connectivity index (χ0) is 14.8. The summed E-state index contributed by atoms with van der Waals surface area (Å²) >= 11 is 1.61. The Bertz CT molecular complexity index is 774. The quantitative estimate of drug-likeness (QED) is 0.574. The molecule has 0 spiro atoms. The van der Waals surface area contributed by atoms with Gasteiger partial charge in [0.25, 0.3) is 0 Å². The zero-order valence-corrected chi connectivity index (χ0v) is 12.2. The second kappa shape index (κ2) is 5.77. The summed E-state index contributed by atoms with van der Waals surface area (Å²) in [7, 11) is 1.44. The van der Waals surface area contributed by atoms with Crippen molar-refractivity contribution in [2.75, 3.05) is 7.11 Å². The Morgan fingerprint density at radius 2 is 2.14 bits per heavy atom. The molecule has 0 saturated carbocycles. The lowest BCUT2D eigenvalue weighted by molar-refractivity contribution is 0.385. The van der Waals surface area contributed by atoms with Crippen LogP contribution in [0.3, 0.4) is 0 Å². The molecule has 0 aliphatic rings. The van der Waals surface area contributed by atoms with Crippen LogP contribution in [0.2, 0.25) is 0 Å². The van der Waals surface area contributed by atoms with Gasteiger partial charge in [-0.1, -0.05) is 6.07 Å². The summed E-state index contributed by atoms with van der Waals surface area (Å²) in [5, 5.41) is 1.99. The molecule has 0 radical (unpaired) electrons. The molecule has 3 rings (SSSR count). The smallest absolute Gasteiger partial charge is 0.165 e. The van der Waals surface area contributed by atoms with E-state index in [0.717, 1.165) is 15.8 Å². The third kappa shape index (κ3) is 2.61. The van der Waals surface area contributed by atoms with E-state index >= 15 is 0 Å². The molecule has 0 saturated heterocycles. The topological polar surface area (TPSA) is 60.2 Å². The SMILES string of the molecule is COc1ccc(C(NN)c2cnc3ccsc3c2)cc1F. The molecule has 2 aromatic heterocycles. The van der Waals surface area contributed by atoms with Crippen molar-refractivity contribution in [2.24, 2.45) is 5.84 Å². The van der Waals surface area contributed by atoms with Crippen molar-refractivity contribution in [1.82, 2.24) is 10.4 Å². The number of methoxy groups -OCH3 is 1. The molecule has 4 nitrogen and oxygen atoms in total. The normalized spacial score (nSPS) is 12.5. The van der Waals surface area contributed by atoms with Crippen molar-refractivity contribution in [1.29, 1.82) is 0 Å². The molecular formula is C15H14FN3OS. The molecule has 0 aliphatic heterocycles. The minimum Gasteiger partial charge on any atom is -0.494 e. The fourth-order valence-electron chi connectivity index (χ4n) is 2.27. The minimum absolute atomic E-state index is 0.210. The molecule has 0 bridgehead atoms. The van der Waals surface area contributed by atoms with Gasteiger partial charge in [0.1, 0.15) is 0 Å². The van der Waals surface area contributed by atoms with Crippen molar-refractivity contribution in [3.8, 4) is 5.75 Å². The largest absolute Gasteiger partial charge is 0.494 e. The lowest BCUT2D eigenvalue weighted by Gasteiger charge is -2.17. The summed E-state index contributed by atoms with van der Waals surface area (Å²) in [6, 6.07) is 8.44. The number of aromatic nitrogens is 1. The van der Waals surface area contributed by atoms with Gasteiger partial charge in [0.15, 0.2) is 11.6 Å². The number of hydrogen-bond donors (Lipinski definition) is 2. The van der Waals surface area contributed by atoms with Crippen LogP contribution >= 0.6 is 11.3 Å². The Labute approximate surface area is 125 Å². The number of hydrazine groups is 1. The van der Waals surface area contributed by atoms with Gasteiger partial charge in [0, 0.05) is 6.20 Å². The first-order chi connectivity index (χ1) is 10.2. The lowest BCUT2D eigenvalue weighted by atomic mass is 10.0. The van der Waals surface area contributed by atoms with Gasteiger partial charge < -0.3 is 4.74 Å². The van der Waals surface area contributed by atoms with Crippen LogP contribution < -0.4 is 16.0 Å². The van der Waals surface area contributed by atoms with Gasteiger partial charge in [-0.3, -0.25) is 10.8 Å². The Kier molecular flexibility index (Phi) is 3.83. The maximum Gasteiger partial charge on any atom is 0.165 e. The number of fused-ring (bicyclic) bond motifs is 1. The fraction of sp³-hybridized carbons (Fsp3) is 0.133. The molecule has 0 fully saturated rings. The number of hydrogen-bond acceptors (Lipinski definition) is 5. The summed E-state index contributed by atoms with van der Waals surface area (Å²) in [6.45, 7) is 0. The van der Waals surface area contributed by atoms with Crippen molar-refractivity contribution < 1.29 is 9.13 Å². The Morgan fingerprint density at radius 3 is 2.86 bits per heavy atom. The molecule has 1 aromatic carbocycles. The summed E-state index contributed by atoms with van der Waals surface area (Å²) in [5.74, 6) is 5.44. The van der Waals surface area contributed by atoms with Crippen LogP contribution in [0.1, 0.15) is 17.2 Å². The molecule has 1 atom stereocenters. The molecule has 1 unspecified atom stereocenters. The van der Waals surface area contributed by atoms with E-state index in [1.807, 2.05) is 17.5 Å². The molecule has 2 heterocycles. The van der Waals surface area contributed by atoms with Gasteiger partial charge in [-0.15, -0.1) is 11.3 Å². The first-order valence-electron chi connectivity index (χ1n) is 6.35. The predicted octanol–water partition coefficient (Wildman–Crippen LogP) is 3.00. The van der Waals surface area contributed by atoms with E-state index in [1.165, 1.54) is 13.2 Å². The first-order valence-corrected chi connectivity index (χ1v) is 7.23. The lowest BCUT2D eigenvalue weighted by Crippen LogP contribution is -2.29. The molecule has 0 aliphatic carbocycles. The van der Waals surface area contributed by atoms with Crippen molar-refractivity contribution in [3.63, 3.8) is 0 Å². The third-order valence-electron chi connectivity index (χ3n) is 3.33. The van der Waals surface area contributed by atoms with Crippen molar-refractivity contribution in [2.45, 2.75) is 6.04 Å². The molecule has 108 valence electrons. The monoisotopic (exact) mass is 303 g/mol. The van der Waals surface area contributed by atoms with Gasteiger partial charge in [0.05, 0.1) is 23.4 Å². The summed E-state index contributed by atoms with van der Waals surface area (Å²) in [4.78, 5) is 4.39. The van der Waals surface area contributed by atoms with Crippen LogP contribution in [0.4, 0.5) is 4.39 Å². The molecule has 0 amide bonds. The van der Waals surface area contributed by atoms with Gasteiger partial charge in [-0.2, -0.15) is 0 Å². The highest BCUT2D eigenvalue weighted by Gasteiger charge is 2.16. The number of ether oxygens (including phenoxy) is 1. The average Bonchev–Trinajstić information content (AvgIpc) is 2.96. The van der Waals surface area contributed by atoms with Gasteiger partial charge in [-0.25, -0.2) is 9.82 Å². The van der Waals surface area contributed by atoms with E-state index in [-0.39, 0.29) is 11.8 Å². The van der Waals surface area contributed by atoms with Crippen LogP contribution in [0.25, 0.3) is 10.2 Å². The Balaban J connectivity index is 2.02. The number of nitrogens with zero attached hydrogens (tertiary/aromatic N) is 1. The van der Waals surface area contributed by atoms with E-state index in [0.29, 0.717) is 5.56 Å². The highest BCUT2D eigenvalue weighted by Crippen LogP contribution is 2.28. The van der Waals surface area contributed by atoms with Crippen molar-refractivity contribution in [3.05, 3.63) is 58.9 Å². The highest BCUT2D eigenvalue weighted by atomic mass is 32.1. The minimum atomic E-state index is -0.416. The molecule has 6 heteroatoms. The van der Waals surface area contributed by atoms with E-state index in [2.05, 4.69) is 10.4 Å². The predicted molar refractivity (Wildman–Crippen MR) is 81.7 cm³/mol. The average molecular weight is 303 g/mol. The molecular weight excluding hydrogens is 289 g/mol. The van der Waals surface area contributed by atoms with E-state index in [9.17, 15) is 4.39 Å². The van der Waals surface area contributed by atoms with E-state index in [1.54, 1.807) is 29.7 Å². The number of halogens is 1. The number of nitrogens with one attached hydrogen (secondary N) is 1. The summed E-state index contributed by atoms with van der Waals surface area (Å²) in [6.07, 6.45) is 1.75. The summed E-state index contributed by atoms with van der Waals surface area (Å²) in [5.41, 5.74) is 5.26.